The molecule has 2 amide bonds. The van der Waals surface area contributed by atoms with Crippen LogP contribution in [0.2, 0.25) is 0 Å². The monoisotopic (exact) mass is 290 g/mol. The minimum atomic E-state index is -0.404. The highest BCUT2D eigenvalue weighted by molar-refractivity contribution is 5.92. The van der Waals surface area contributed by atoms with Gasteiger partial charge in [-0.25, -0.2) is 4.39 Å². The van der Waals surface area contributed by atoms with Gasteiger partial charge < -0.3 is 15.1 Å². The van der Waals surface area contributed by atoms with Gasteiger partial charge in [0.1, 0.15) is 5.82 Å². The van der Waals surface area contributed by atoms with E-state index in [0.29, 0.717) is 18.7 Å². The number of anilines is 1. The van der Waals surface area contributed by atoms with E-state index in [4.69, 9.17) is 4.42 Å². The molecule has 0 aliphatic carbocycles. The molecule has 0 unspecified atom stereocenters. The molecule has 1 heterocycles. The van der Waals surface area contributed by atoms with Crippen LogP contribution in [-0.4, -0.2) is 18.4 Å². The number of carbonyl (C=O) groups is 2. The van der Waals surface area contributed by atoms with Gasteiger partial charge in [0.25, 0.3) is 5.91 Å². The number of carbonyl (C=O) groups excluding carboxylic acids is 2. The summed E-state index contributed by atoms with van der Waals surface area (Å²) in [5.41, 5.74) is 0.416. The van der Waals surface area contributed by atoms with E-state index >= 15 is 0 Å². The Labute approximate surface area is 121 Å². The van der Waals surface area contributed by atoms with E-state index in [0.717, 1.165) is 0 Å². The molecule has 1 aromatic heterocycles. The first-order valence-corrected chi connectivity index (χ1v) is 6.52. The van der Waals surface area contributed by atoms with Crippen molar-refractivity contribution >= 4 is 17.5 Å². The standard InChI is InChI=1S/C15H15FN2O3/c16-11-4-1-5-12(10-11)18-14(19)7-2-8-17-15(20)13-6-3-9-21-13/h1,3-6,9-10H,2,7-8H2,(H,17,20)(H,18,19). The summed E-state index contributed by atoms with van der Waals surface area (Å²) in [4.78, 5) is 23.2. The van der Waals surface area contributed by atoms with Crippen LogP contribution >= 0.6 is 0 Å². The molecule has 0 saturated carbocycles. The van der Waals surface area contributed by atoms with Gasteiger partial charge >= 0.3 is 0 Å². The molecule has 0 bridgehead atoms. The Morgan fingerprint density at radius 2 is 2.05 bits per heavy atom. The quantitative estimate of drug-likeness (QED) is 0.803. The maximum atomic E-state index is 12.9. The first-order chi connectivity index (χ1) is 10.1. The van der Waals surface area contributed by atoms with Crippen molar-refractivity contribution in [2.24, 2.45) is 0 Å². The van der Waals surface area contributed by atoms with Crippen LogP contribution < -0.4 is 10.6 Å². The van der Waals surface area contributed by atoms with Crippen LogP contribution in [0.3, 0.4) is 0 Å². The lowest BCUT2D eigenvalue weighted by Crippen LogP contribution is -2.25. The highest BCUT2D eigenvalue weighted by Crippen LogP contribution is 2.09. The molecule has 0 saturated heterocycles. The summed E-state index contributed by atoms with van der Waals surface area (Å²) < 4.78 is 17.9. The van der Waals surface area contributed by atoms with E-state index in [1.165, 1.54) is 24.5 Å². The molecule has 0 aliphatic heterocycles. The van der Waals surface area contributed by atoms with E-state index in [1.54, 1.807) is 18.2 Å². The van der Waals surface area contributed by atoms with Crippen LogP contribution in [0.5, 0.6) is 0 Å². The van der Waals surface area contributed by atoms with Gasteiger partial charge in [-0.05, 0) is 36.8 Å². The van der Waals surface area contributed by atoms with Gasteiger partial charge in [0.15, 0.2) is 5.76 Å². The number of rotatable bonds is 6. The molecule has 21 heavy (non-hydrogen) atoms. The molecule has 2 rings (SSSR count). The normalized spacial score (nSPS) is 10.1. The summed E-state index contributed by atoms with van der Waals surface area (Å²) >= 11 is 0. The zero-order valence-electron chi connectivity index (χ0n) is 11.3. The van der Waals surface area contributed by atoms with Crippen molar-refractivity contribution in [1.29, 1.82) is 0 Å². The molecular formula is C15H15FN2O3. The summed E-state index contributed by atoms with van der Waals surface area (Å²) in [6.45, 7) is 0.357. The topological polar surface area (TPSA) is 71.3 Å². The second kappa shape index (κ2) is 7.23. The number of hydrogen-bond donors (Lipinski definition) is 2. The molecule has 0 aliphatic rings. The first-order valence-electron chi connectivity index (χ1n) is 6.52. The average Bonchev–Trinajstić information content (AvgIpc) is 2.97. The van der Waals surface area contributed by atoms with Crippen molar-refractivity contribution in [3.8, 4) is 0 Å². The fourth-order valence-electron chi connectivity index (χ4n) is 1.74. The molecular weight excluding hydrogens is 275 g/mol. The number of benzene rings is 1. The number of nitrogens with one attached hydrogen (secondary N) is 2. The summed E-state index contributed by atoms with van der Waals surface area (Å²) in [6, 6.07) is 8.87. The molecule has 2 aromatic rings. The van der Waals surface area contributed by atoms with Crippen LogP contribution in [-0.2, 0) is 4.79 Å². The molecule has 2 N–H and O–H groups in total. The van der Waals surface area contributed by atoms with E-state index in [1.807, 2.05) is 0 Å². The molecule has 0 atom stereocenters. The molecule has 1 aromatic carbocycles. The van der Waals surface area contributed by atoms with Gasteiger partial charge in [-0.2, -0.15) is 0 Å². The largest absolute Gasteiger partial charge is 0.459 e. The van der Waals surface area contributed by atoms with Crippen molar-refractivity contribution in [2.75, 3.05) is 11.9 Å². The maximum Gasteiger partial charge on any atom is 0.286 e. The Hall–Kier alpha value is -2.63. The van der Waals surface area contributed by atoms with Crippen LogP contribution in [0.25, 0.3) is 0 Å². The van der Waals surface area contributed by atoms with Crippen LogP contribution in [0.15, 0.2) is 47.1 Å². The second-order valence-electron chi connectivity index (χ2n) is 4.40. The van der Waals surface area contributed by atoms with Gasteiger partial charge in [-0.3, -0.25) is 9.59 Å². The SMILES string of the molecule is O=C(CCCNC(=O)c1ccco1)Nc1cccc(F)c1. The average molecular weight is 290 g/mol. The lowest BCUT2D eigenvalue weighted by atomic mass is 10.2. The predicted molar refractivity (Wildman–Crippen MR) is 75.3 cm³/mol. The fourth-order valence-corrected chi connectivity index (χ4v) is 1.74. The maximum absolute atomic E-state index is 12.9. The van der Waals surface area contributed by atoms with Gasteiger partial charge in [-0.1, -0.05) is 6.07 Å². The third kappa shape index (κ3) is 4.76. The minimum Gasteiger partial charge on any atom is -0.459 e. The van der Waals surface area contributed by atoms with E-state index in [-0.39, 0.29) is 24.0 Å². The second-order valence-corrected chi connectivity index (χ2v) is 4.40. The number of amides is 2. The number of furan rings is 1. The molecule has 5 nitrogen and oxygen atoms in total. The first kappa shape index (κ1) is 14.8. The Kier molecular flexibility index (Phi) is 5.09. The van der Waals surface area contributed by atoms with Gasteiger partial charge in [0, 0.05) is 18.7 Å². The van der Waals surface area contributed by atoms with Gasteiger partial charge in [-0.15, -0.1) is 0 Å². The fraction of sp³-hybridized carbons (Fsp3) is 0.200. The smallest absolute Gasteiger partial charge is 0.286 e. The van der Waals surface area contributed by atoms with Gasteiger partial charge in [0.2, 0.25) is 5.91 Å². The molecule has 6 heteroatoms. The van der Waals surface area contributed by atoms with Crippen LogP contribution in [0, 0.1) is 5.82 Å². The van der Waals surface area contributed by atoms with E-state index in [9.17, 15) is 14.0 Å². The summed E-state index contributed by atoms with van der Waals surface area (Å²) in [5.74, 6) is -0.712. The Morgan fingerprint density at radius 3 is 2.76 bits per heavy atom. The lowest BCUT2D eigenvalue weighted by molar-refractivity contribution is -0.116. The summed E-state index contributed by atoms with van der Waals surface area (Å²) in [5, 5.41) is 5.23. The predicted octanol–water partition coefficient (Wildman–Crippen LogP) is 2.57. The highest BCUT2D eigenvalue weighted by atomic mass is 19.1. The van der Waals surface area contributed by atoms with Gasteiger partial charge in [0.05, 0.1) is 6.26 Å². The van der Waals surface area contributed by atoms with E-state index < -0.39 is 5.82 Å². The summed E-state index contributed by atoms with van der Waals surface area (Å²) in [7, 11) is 0. The van der Waals surface area contributed by atoms with Crippen molar-refractivity contribution in [3.63, 3.8) is 0 Å². The zero-order chi connectivity index (χ0) is 15.1. The zero-order valence-corrected chi connectivity index (χ0v) is 11.3. The van der Waals surface area contributed by atoms with Crippen molar-refractivity contribution < 1.29 is 18.4 Å². The molecule has 110 valence electrons. The molecule has 0 fully saturated rings. The third-order valence-electron chi connectivity index (χ3n) is 2.72. The van der Waals surface area contributed by atoms with Crippen molar-refractivity contribution in [1.82, 2.24) is 5.32 Å². The van der Waals surface area contributed by atoms with Crippen molar-refractivity contribution in [2.45, 2.75) is 12.8 Å². The third-order valence-corrected chi connectivity index (χ3v) is 2.72. The Morgan fingerprint density at radius 1 is 1.19 bits per heavy atom. The molecule has 0 spiro atoms. The lowest BCUT2D eigenvalue weighted by Gasteiger charge is -2.06. The minimum absolute atomic E-state index is 0.229. The Balaban J connectivity index is 1.67. The number of halogens is 1. The van der Waals surface area contributed by atoms with Crippen molar-refractivity contribution in [3.05, 3.63) is 54.2 Å². The van der Waals surface area contributed by atoms with Crippen LogP contribution in [0.1, 0.15) is 23.4 Å². The van der Waals surface area contributed by atoms with Crippen LogP contribution in [0.4, 0.5) is 10.1 Å². The molecule has 0 radical (unpaired) electrons. The van der Waals surface area contributed by atoms with E-state index in [2.05, 4.69) is 10.6 Å². The number of hydrogen-bond acceptors (Lipinski definition) is 3. The Bertz CT molecular complexity index is 611. The summed E-state index contributed by atoms with van der Waals surface area (Å²) in [6.07, 6.45) is 2.13. The highest BCUT2D eigenvalue weighted by Gasteiger charge is 2.08.